The van der Waals surface area contributed by atoms with E-state index in [9.17, 15) is 0 Å². The van der Waals surface area contributed by atoms with Crippen molar-refractivity contribution >= 4 is 0 Å². The number of hydrogen-bond acceptors (Lipinski definition) is 4. The van der Waals surface area contributed by atoms with Crippen molar-refractivity contribution in [1.29, 1.82) is 0 Å². The Hall–Kier alpha value is -1.26. The highest BCUT2D eigenvalue weighted by Gasteiger charge is 2.29. The van der Waals surface area contributed by atoms with E-state index in [4.69, 9.17) is 18.9 Å². The van der Waals surface area contributed by atoms with Gasteiger partial charge in [-0.25, -0.2) is 0 Å². The van der Waals surface area contributed by atoms with Gasteiger partial charge in [-0.05, 0) is 19.1 Å². The van der Waals surface area contributed by atoms with E-state index >= 15 is 0 Å². The van der Waals surface area contributed by atoms with Crippen LogP contribution in [0.15, 0.2) is 24.3 Å². The van der Waals surface area contributed by atoms with Gasteiger partial charge in [0, 0.05) is 0 Å². The van der Waals surface area contributed by atoms with Crippen LogP contribution in [0.5, 0.6) is 11.5 Å². The maximum atomic E-state index is 5.86. The summed E-state index contributed by atoms with van der Waals surface area (Å²) in [6, 6.07) is 7.70. The van der Waals surface area contributed by atoms with Crippen LogP contribution in [0.2, 0.25) is 0 Å². The molecule has 1 aromatic rings. The Morgan fingerprint density at radius 3 is 2.82 bits per heavy atom. The second-order valence-electron chi connectivity index (χ2n) is 4.41. The van der Waals surface area contributed by atoms with Gasteiger partial charge in [-0.2, -0.15) is 0 Å². The molecule has 1 fully saturated rings. The number of hydrogen-bond donors (Lipinski definition) is 0. The van der Waals surface area contributed by atoms with Crippen LogP contribution in [0.4, 0.5) is 0 Å². The average Bonchev–Trinajstić information content (AvgIpc) is 3.19. The molecule has 2 heterocycles. The van der Waals surface area contributed by atoms with Crippen molar-refractivity contribution in [3.8, 4) is 11.5 Å². The fourth-order valence-corrected chi connectivity index (χ4v) is 1.80. The van der Waals surface area contributed by atoms with Crippen molar-refractivity contribution in [3.05, 3.63) is 24.3 Å². The van der Waals surface area contributed by atoms with Gasteiger partial charge in [0.1, 0.15) is 12.7 Å². The number of para-hydroxylation sites is 2. The van der Waals surface area contributed by atoms with Crippen molar-refractivity contribution in [2.24, 2.45) is 0 Å². The van der Waals surface area contributed by atoms with Gasteiger partial charge >= 0.3 is 0 Å². The fraction of sp³-hybridized carbons (Fsp3) is 0.538. The maximum Gasteiger partial charge on any atom is 0.161 e. The average molecular weight is 236 g/mol. The molecular formula is C13H16O4. The third-order valence-electron chi connectivity index (χ3n) is 3.00. The molecule has 2 aliphatic rings. The lowest BCUT2D eigenvalue weighted by atomic mass is 10.2. The highest BCUT2D eigenvalue weighted by Crippen LogP contribution is 2.32. The minimum Gasteiger partial charge on any atom is -0.486 e. The monoisotopic (exact) mass is 236 g/mol. The quantitative estimate of drug-likeness (QED) is 0.745. The molecule has 2 aliphatic heterocycles. The molecule has 0 bridgehead atoms. The number of benzene rings is 1. The Labute approximate surface area is 100 Å². The maximum absolute atomic E-state index is 5.86. The highest BCUT2D eigenvalue weighted by atomic mass is 16.6. The molecule has 17 heavy (non-hydrogen) atoms. The minimum atomic E-state index is -0.0522. The third kappa shape index (κ3) is 2.53. The Bertz CT molecular complexity index is 389. The first-order chi connectivity index (χ1) is 8.33. The van der Waals surface area contributed by atoms with Gasteiger partial charge in [0.25, 0.3) is 0 Å². The summed E-state index contributed by atoms with van der Waals surface area (Å²) in [6.07, 6.45) is 0.241. The normalized spacial score (nSPS) is 27.6. The second-order valence-corrected chi connectivity index (χ2v) is 4.41. The third-order valence-corrected chi connectivity index (χ3v) is 3.00. The van der Waals surface area contributed by atoms with Gasteiger partial charge in [0.15, 0.2) is 17.6 Å². The van der Waals surface area contributed by atoms with Crippen molar-refractivity contribution in [2.45, 2.75) is 25.2 Å². The first-order valence-electron chi connectivity index (χ1n) is 5.94. The summed E-state index contributed by atoms with van der Waals surface area (Å²) < 4.78 is 22.3. The van der Waals surface area contributed by atoms with Crippen molar-refractivity contribution in [1.82, 2.24) is 0 Å². The molecule has 0 spiro atoms. The molecule has 0 N–H and O–H groups in total. The van der Waals surface area contributed by atoms with Gasteiger partial charge < -0.3 is 18.9 Å². The summed E-state index contributed by atoms with van der Waals surface area (Å²) in [6.45, 7) is 3.99. The van der Waals surface area contributed by atoms with E-state index in [1.807, 2.05) is 31.2 Å². The fourth-order valence-electron chi connectivity index (χ4n) is 1.80. The van der Waals surface area contributed by atoms with Gasteiger partial charge in [-0.15, -0.1) is 0 Å². The molecule has 3 atom stereocenters. The molecule has 4 heteroatoms. The molecule has 4 nitrogen and oxygen atoms in total. The molecule has 92 valence electrons. The van der Waals surface area contributed by atoms with Crippen LogP contribution in [0.1, 0.15) is 6.92 Å². The van der Waals surface area contributed by atoms with E-state index in [1.165, 1.54) is 0 Å². The van der Waals surface area contributed by atoms with E-state index in [0.717, 1.165) is 18.1 Å². The zero-order valence-electron chi connectivity index (χ0n) is 9.80. The van der Waals surface area contributed by atoms with Crippen LogP contribution >= 0.6 is 0 Å². The summed E-state index contributed by atoms with van der Waals surface area (Å²) in [5.74, 6) is 1.60. The van der Waals surface area contributed by atoms with Crippen LogP contribution in [0.25, 0.3) is 0 Å². The van der Waals surface area contributed by atoms with Crippen molar-refractivity contribution in [3.63, 3.8) is 0 Å². The highest BCUT2D eigenvalue weighted by molar-refractivity contribution is 5.40. The number of fused-ring (bicyclic) bond motifs is 1. The summed E-state index contributed by atoms with van der Waals surface area (Å²) in [4.78, 5) is 0. The summed E-state index contributed by atoms with van der Waals surface area (Å²) >= 11 is 0. The van der Waals surface area contributed by atoms with Gasteiger partial charge in [0.2, 0.25) is 0 Å². The predicted octanol–water partition coefficient (Wildman–Crippen LogP) is 1.63. The molecule has 3 rings (SSSR count). The molecule has 0 aliphatic carbocycles. The zero-order chi connectivity index (χ0) is 11.7. The molecular weight excluding hydrogens is 220 g/mol. The zero-order valence-corrected chi connectivity index (χ0v) is 9.80. The van der Waals surface area contributed by atoms with Crippen LogP contribution in [0.3, 0.4) is 0 Å². The standard InChI is InChI=1S/C13H16O4/c1-9(14-6-10-7-15-10)13-8-16-11-4-2-3-5-12(11)17-13/h2-5,9-10,13H,6-8H2,1H3/t9-,10+,13+/m0/s1. The SMILES string of the molecule is C[C@H](OC[C@@H]1CO1)[C@H]1COc2ccccc2O1. The van der Waals surface area contributed by atoms with Crippen molar-refractivity contribution < 1.29 is 18.9 Å². The van der Waals surface area contributed by atoms with Crippen LogP contribution in [-0.2, 0) is 9.47 Å². The van der Waals surface area contributed by atoms with E-state index in [-0.39, 0.29) is 18.3 Å². The second kappa shape index (κ2) is 4.55. The minimum absolute atomic E-state index is 0.00700. The molecule has 0 saturated carbocycles. The first kappa shape index (κ1) is 10.9. The van der Waals surface area contributed by atoms with Crippen LogP contribution in [0, 0.1) is 0 Å². The Balaban J connectivity index is 1.58. The summed E-state index contributed by atoms with van der Waals surface area (Å²) in [5.41, 5.74) is 0. The summed E-state index contributed by atoms with van der Waals surface area (Å²) in [5, 5.41) is 0. The van der Waals surface area contributed by atoms with E-state index < -0.39 is 0 Å². The van der Waals surface area contributed by atoms with Gasteiger partial charge in [-0.3, -0.25) is 0 Å². The topological polar surface area (TPSA) is 40.2 Å². The lowest BCUT2D eigenvalue weighted by molar-refractivity contribution is -0.0475. The van der Waals surface area contributed by atoms with Crippen molar-refractivity contribution in [2.75, 3.05) is 19.8 Å². The lowest BCUT2D eigenvalue weighted by Crippen LogP contribution is -2.40. The Morgan fingerprint density at radius 2 is 2.06 bits per heavy atom. The molecule has 0 radical (unpaired) electrons. The van der Waals surface area contributed by atoms with Crippen LogP contribution < -0.4 is 9.47 Å². The smallest absolute Gasteiger partial charge is 0.161 e. The van der Waals surface area contributed by atoms with Gasteiger partial charge in [-0.1, -0.05) is 12.1 Å². The summed E-state index contributed by atoms with van der Waals surface area (Å²) in [7, 11) is 0. The lowest BCUT2D eigenvalue weighted by Gasteiger charge is -2.30. The van der Waals surface area contributed by atoms with E-state index in [0.29, 0.717) is 13.2 Å². The van der Waals surface area contributed by atoms with E-state index in [2.05, 4.69) is 0 Å². The Kier molecular flexibility index (Phi) is 2.91. The molecule has 1 aromatic carbocycles. The van der Waals surface area contributed by atoms with Gasteiger partial charge in [0.05, 0.1) is 19.3 Å². The molecule has 0 unspecified atom stereocenters. The molecule has 1 saturated heterocycles. The number of epoxide rings is 1. The largest absolute Gasteiger partial charge is 0.486 e. The first-order valence-corrected chi connectivity index (χ1v) is 5.94. The number of rotatable bonds is 4. The van der Waals surface area contributed by atoms with E-state index in [1.54, 1.807) is 0 Å². The van der Waals surface area contributed by atoms with Crippen LogP contribution in [-0.4, -0.2) is 38.1 Å². The molecule has 0 amide bonds. The Morgan fingerprint density at radius 1 is 1.29 bits per heavy atom. The molecule has 0 aromatic heterocycles. The number of ether oxygens (including phenoxy) is 4. The predicted molar refractivity (Wildman–Crippen MR) is 61.5 cm³/mol.